The summed E-state index contributed by atoms with van der Waals surface area (Å²) in [5.41, 5.74) is 0.920. The standard InChI is InChI=1S/C25H19FO7/c1-29-19-13-22(31-3)21(30-2)10-15(19)11-23-24(27)18-8-7-17(12-20(18)33-23)32-25(28)14-5-4-6-16(26)9-14/h4-13H,1-3H3/b23-11-. The topological polar surface area (TPSA) is 80.3 Å². The number of methoxy groups -OCH3 is 3. The Hall–Kier alpha value is -4.33. The van der Waals surface area contributed by atoms with Gasteiger partial charge in [-0.15, -0.1) is 0 Å². The van der Waals surface area contributed by atoms with E-state index in [1.165, 1.54) is 63.8 Å². The molecule has 0 N–H and O–H groups in total. The summed E-state index contributed by atoms with van der Waals surface area (Å²) < 4.78 is 40.4. The van der Waals surface area contributed by atoms with Crippen LogP contribution in [0.15, 0.2) is 60.4 Å². The van der Waals surface area contributed by atoms with Gasteiger partial charge in [-0.05, 0) is 42.5 Å². The fourth-order valence-corrected chi connectivity index (χ4v) is 3.32. The lowest BCUT2D eigenvalue weighted by Gasteiger charge is -2.12. The van der Waals surface area contributed by atoms with E-state index in [-0.39, 0.29) is 28.6 Å². The van der Waals surface area contributed by atoms with E-state index in [1.54, 1.807) is 12.1 Å². The highest BCUT2D eigenvalue weighted by Gasteiger charge is 2.29. The Morgan fingerprint density at radius 2 is 1.64 bits per heavy atom. The molecule has 168 valence electrons. The summed E-state index contributed by atoms with van der Waals surface area (Å²) in [5, 5.41) is 0. The van der Waals surface area contributed by atoms with Gasteiger partial charge < -0.3 is 23.7 Å². The molecular weight excluding hydrogens is 431 g/mol. The molecule has 8 heteroatoms. The minimum atomic E-state index is -0.732. The first-order chi connectivity index (χ1) is 15.9. The Bertz CT molecular complexity index is 1280. The zero-order valence-electron chi connectivity index (χ0n) is 18.0. The first-order valence-corrected chi connectivity index (χ1v) is 9.79. The normalized spacial score (nSPS) is 13.3. The molecule has 33 heavy (non-hydrogen) atoms. The molecular formula is C25H19FO7. The predicted molar refractivity (Wildman–Crippen MR) is 117 cm³/mol. The van der Waals surface area contributed by atoms with Crippen LogP contribution in [0.2, 0.25) is 0 Å². The van der Waals surface area contributed by atoms with E-state index in [0.717, 1.165) is 6.07 Å². The third-order valence-corrected chi connectivity index (χ3v) is 4.93. The molecule has 1 aliphatic rings. The van der Waals surface area contributed by atoms with Gasteiger partial charge in [0.1, 0.15) is 23.1 Å². The summed E-state index contributed by atoms with van der Waals surface area (Å²) >= 11 is 0. The van der Waals surface area contributed by atoms with Crippen LogP contribution in [0.5, 0.6) is 28.7 Å². The number of benzene rings is 3. The highest BCUT2D eigenvalue weighted by atomic mass is 19.1. The Morgan fingerprint density at radius 1 is 0.909 bits per heavy atom. The van der Waals surface area contributed by atoms with Gasteiger partial charge in [-0.1, -0.05) is 6.07 Å². The number of esters is 1. The molecule has 0 amide bonds. The van der Waals surface area contributed by atoms with E-state index in [1.807, 2.05) is 0 Å². The van der Waals surface area contributed by atoms with Gasteiger partial charge in [-0.3, -0.25) is 4.79 Å². The number of halogens is 1. The first kappa shape index (κ1) is 21.9. The fourth-order valence-electron chi connectivity index (χ4n) is 3.32. The average molecular weight is 450 g/mol. The SMILES string of the molecule is COc1cc(OC)c(OC)cc1/C=C1\Oc2cc(OC(=O)c3cccc(F)c3)ccc2C1=O. The molecule has 0 aromatic heterocycles. The summed E-state index contributed by atoms with van der Waals surface area (Å²) in [4.78, 5) is 25.1. The van der Waals surface area contributed by atoms with Crippen molar-refractivity contribution in [3.63, 3.8) is 0 Å². The molecule has 0 aliphatic carbocycles. The lowest BCUT2D eigenvalue weighted by Crippen LogP contribution is -2.08. The summed E-state index contributed by atoms with van der Waals surface area (Å²) in [6.45, 7) is 0. The second-order valence-corrected chi connectivity index (χ2v) is 6.95. The Kier molecular flexibility index (Phi) is 5.99. The largest absolute Gasteiger partial charge is 0.496 e. The number of hydrogen-bond acceptors (Lipinski definition) is 7. The van der Waals surface area contributed by atoms with Crippen LogP contribution in [0, 0.1) is 5.82 Å². The molecule has 3 aromatic carbocycles. The van der Waals surface area contributed by atoms with Gasteiger partial charge in [0, 0.05) is 17.7 Å². The van der Waals surface area contributed by atoms with Gasteiger partial charge in [-0.25, -0.2) is 9.18 Å². The molecule has 4 rings (SSSR count). The highest BCUT2D eigenvalue weighted by Crippen LogP contribution is 2.39. The second kappa shape index (κ2) is 9.04. The van der Waals surface area contributed by atoms with Gasteiger partial charge >= 0.3 is 5.97 Å². The van der Waals surface area contributed by atoms with Crippen molar-refractivity contribution in [2.24, 2.45) is 0 Å². The number of Topliss-reactive ketones (excluding diaryl/α,β-unsaturated/α-hetero) is 1. The average Bonchev–Trinajstić information content (AvgIpc) is 3.13. The van der Waals surface area contributed by atoms with Crippen molar-refractivity contribution in [3.8, 4) is 28.7 Å². The van der Waals surface area contributed by atoms with Gasteiger partial charge in [0.05, 0.1) is 32.5 Å². The molecule has 0 saturated heterocycles. The Morgan fingerprint density at radius 3 is 2.33 bits per heavy atom. The quantitative estimate of drug-likeness (QED) is 0.306. The summed E-state index contributed by atoms with van der Waals surface area (Å²) in [5.74, 6) is 0.211. The number of rotatable bonds is 6. The number of hydrogen-bond donors (Lipinski definition) is 0. The van der Waals surface area contributed by atoms with E-state index in [0.29, 0.717) is 28.4 Å². The minimum Gasteiger partial charge on any atom is -0.496 e. The van der Waals surface area contributed by atoms with Crippen LogP contribution in [0.25, 0.3) is 6.08 Å². The molecule has 0 radical (unpaired) electrons. The number of carbonyl (C=O) groups excluding carboxylic acids is 2. The van der Waals surface area contributed by atoms with E-state index in [2.05, 4.69) is 0 Å². The van der Waals surface area contributed by atoms with Crippen LogP contribution in [-0.2, 0) is 0 Å². The maximum Gasteiger partial charge on any atom is 0.343 e. The summed E-state index contributed by atoms with van der Waals surface area (Å²) in [6, 6.07) is 12.9. The van der Waals surface area contributed by atoms with Crippen molar-refractivity contribution >= 4 is 17.8 Å². The van der Waals surface area contributed by atoms with Crippen molar-refractivity contribution < 1.29 is 37.7 Å². The van der Waals surface area contributed by atoms with Gasteiger partial charge in [-0.2, -0.15) is 0 Å². The maximum absolute atomic E-state index is 13.4. The van der Waals surface area contributed by atoms with Gasteiger partial charge in [0.15, 0.2) is 17.3 Å². The van der Waals surface area contributed by atoms with Crippen LogP contribution in [-0.4, -0.2) is 33.1 Å². The fraction of sp³-hybridized carbons (Fsp3) is 0.120. The second-order valence-electron chi connectivity index (χ2n) is 6.95. The van der Waals surface area contributed by atoms with Crippen LogP contribution in [0.1, 0.15) is 26.3 Å². The summed E-state index contributed by atoms with van der Waals surface area (Å²) in [6.07, 6.45) is 1.53. The van der Waals surface area contributed by atoms with E-state index in [4.69, 9.17) is 23.7 Å². The molecule has 0 fully saturated rings. The minimum absolute atomic E-state index is 0.0594. The van der Waals surface area contributed by atoms with Crippen LogP contribution in [0.4, 0.5) is 4.39 Å². The van der Waals surface area contributed by atoms with Gasteiger partial charge in [0.25, 0.3) is 0 Å². The lowest BCUT2D eigenvalue weighted by atomic mass is 10.1. The van der Waals surface area contributed by atoms with Crippen LogP contribution < -0.4 is 23.7 Å². The highest BCUT2D eigenvalue weighted by molar-refractivity contribution is 6.14. The number of ether oxygens (including phenoxy) is 5. The van der Waals surface area contributed by atoms with Crippen molar-refractivity contribution in [1.29, 1.82) is 0 Å². The molecule has 1 heterocycles. The van der Waals surface area contributed by atoms with E-state index in [9.17, 15) is 14.0 Å². The third kappa shape index (κ3) is 4.36. The Balaban J connectivity index is 1.60. The van der Waals surface area contributed by atoms with Crippen molar-refractivity contribution in [2.75, 3.05) is 21.3 Å². The molecule has 0 bridgehead atoms. The van der Waals surface area contributed by atoms with Crippen LogP contribution in [0.3, 0.4) is 0 Å². The number of allylic oxidation sites excluding steroid dienone is 1. The van der Waals surface area contributed by atoms with Crippen molar-refractivity contribution in [3.05, 3.63) is 82.9 Å². The molecule has 1 aliphatic heterocycles. The predicted octanol–water partition coefficient (Wildman–Crippen LogP) is 4.69. The first-order valence-electron chi connectivity index (χ1n) is 9.79. The lowest BCUT2D eigenvalue weighted by molar-refractivity contribution is 0.0734. The Labute approximate surface area is 188 Å². The molecule has 0 spiro atoms. The summed E-state index contributed by atoms with van der Waals surface area (Å²) in [7, 11) is 4.50. The molecule has 7 nitrogen and oxygen atoms in total. The van der Waals surface area contributed by atoms with E-state index >= 15 is 0 Å². The monoisotopic (exact) mass is 450 g/mol. The van der Waals surface area contributed by atoms with Crippen molar-refractivity contribution in [2.45, 2.75) is 0 Å². The third-order valence-electron chi connectivity index (χ3n) is 4.93. The molecule has 0 atom stereocenters. The smallest absolute Gasteiger partial charge is 0.343 e. The number of ketones is 1. The van der Waals surface area contributed by atoms with Gasteiger partial charge in [0.2, 0.25) is 5.78 Å². The van der Waals surface area contributed by atoms with Crippen molar-refractivity contribution in [1.82, 2.24) is 0 Å². The molecule has 0 unspecified atom stereocenters. The molecule has 0 saturated carbocycles. The molecule has 3 aromatic rings. The van der Waals surface area contributed by atoms with E-state index < -0.39 is 11.8 Å². The van der Waals surface area contributed by atoms with Crippen LogP contribution >= 0.6 is 0 Å². The maximum atomic E-state index is 13.4. The number of carbonyl (C=O) groups is 2. The number of fused-ring (bicyclic) bond motifs is 1. The zero-order chi connectivity index (χ0) is 23.5. The zero-order valence-corrected chi connectivity index (χ0v) is 18.0.